The van der Waals surface area contributed by atoms with Gasteiger partial charge in [-0.15, -0.1) is 0 Å². The summed E-state index contributed by atoms with van der Waals surface area (Å²) >= 11 is 15.3. The molecule has 1 amide bonds. The van der Waals surface area contributed by atoms with Gasteiger partial charge in [0.15, 0.2) is 11.5 Å². The number of rotatable bonds is 3. The summed E-state index contributed by atoms with van der Waals surface area (Å²) < 4.78 is 11.1. The lowest BCUT2D eigenvalue weighted by molar-refractivity contribution is 0.0692. The van der Waals surface area contributed by atoms with Crippen molar-refractivity contribution in [3.63, 3.8) is 0 Å². The summed E-state index contributed by atoms with van der Waals surface area (Å²) in [5.41, 5.74) is 0.890. The molecule has 5 nitrogen and oxygen atoms in total. The standard InChI is InChI=1S/C15H13BrCl2N2O3/c16-12-13(15(21)19-9-3-5-22-6-4-9)20-23-14(12)8-1-2-10(17)11(18)7-8/h1-2,7,9H,3-6H2,(H,19,21). The van der Waals surface area contributed by atoms with Crippen molar-refractivity contribution in [1.29, 1.82) is 0 Å². The molecule has 0 radical (unpaired) electrons. The molecule has 122 valence electrons. The van der Waals surface area contributed by atoms with Crippen LogP contribution in [-0.2, 0) is 4.74 Å². The minimum absolute atomic E-state index is 0.0910. The molecule has 0 saturated carbocycles. The second-order valence-corrected chi connectivity index (χ2v) is 6.77. The molecule has 0 atom stereocenters. The number of benzene rings is 1. The van der Waals surface area contributed by atoms with E-state index in [0.717, 1.165) is 12.8 Å². The van der Waals surface area contributed by atoms with E-state index in [0.29, 0.717) is 39.1 Å². The van der Waals surface area contributed by atoms with Gasteiger partial charge in [-0.3, -0.25) is 4.79 Å². The third kappa shape index (κ3) is 3.71. The van der Waals surface area contributed by atoms with Crippen molar-refractivity contribution < 1.29 is 14.1 Å². The Morgan fingerprint density at radius 1 is 1.26 bits per heavy atom. The Kier molecular flexibility index (Phi) is 5.26. The summed E-state index contributed by atoms with van der Waals surface area (Å²) in [5, 5.41) is 7.66. The predicted octanol–water partition coefficient (Wildman–Crippen LogP) is 4.32. The zero-order valence-electron chi connectivity index (χ0n) is 11.9. The SMILES string of the molecule is O=C(NC1CCOCC1)c1noc(-c2ccc(Cl)c(Cl)c2)c1Br. The fourth-order valence-corrected chi connectivity index (χ4v) is 3.18. The van der Waals surface area contributed by atoms with Crippen LogP contribution in [0.2, 0.25) is 10.0 Å². The molecule has 0 aliphatic carbocycles. The molecule has 1 fully saturated rings. The first-order valence-electron chi connectivity index (χ1n) is 7.05. The Bertz CT molecular complexity index is 730. The van der Waals surface area contributed by atoms with E-state index in [-0.39, 0.29) is 17.6 Å². The molecular formula is C15H13BrCl2N2O3. The zero-order chi connectivity index (χ0) is 16.4. The molecule has 1 aliphatic rings. The van der Waals surface area contributed by atoms with Gasteiger partial charge >= 0.3 is 0 Å². The van der Waals surface area contributed by atoms with E-state index in [1.807, 2.05) is 0 Å². The molecule has 0 bridgehead atoms. The highest BCUT2D eigenvalue weighted by Gasteiger charge is 2.24. The summed E-state index contributed by atoms with van der Waals surface area (Å²) in [6, 6.07) is 5.17. The number of carbonyl (C=O) groups excluding carboxylic acids is 1. The number of amides is 1. The average molecular weight is 420 g/mol. The molecule has 1 aromatic carbocycles. The van der Waals surface area contributed by atoms with E-state index < -0.39 is 0 Å². The summed E-state index contributed by atoms with van der Waals surface area (Å²) in [7, 11) is 0. The molecule has 23 heavy (non-hydrogen) atoms. The highest BCUT2D eigenvalue weighted by atomic mass is 79.9. The Balaban J connectivity index is 1.80. The van der Waals surface area contributed by atoms with Gasteiger partial charge < -0.3 is 14.6 Å². The number of halogens is 3. The van der Waals surface area contributed by atoms with Crippen molar-refractivity contribution in [1.82, 2.24) is 10.5 Å². The van der Waals surface area contributed by atoms with Gasteiger partial charge in [0.1, 0.15) is 0 Å². The molecule has 1 N–H and O–H groups in total. The van der Waals surface area contributed by atoms with E-state index in [4.69, 9.17) is 32.5 Å². The second-order valence-electron chi connectivity index (χ2n) is 5.16. The Morgan fingerprint density at radius 2 is 2.00 bits per heavy atom. The lowest BCUT2D eigenvalue weighted by atomic mass is 10.1. The number of aromatic nitrogens is 1. The van der Waals surface area contributed by atoms with Gasteiger partial charge in [-0.05, 0) is 47.0 Å². The third-order valence-electron chi connectivity index (χ3n) is 3.59. The Hall–Kier alpha value is -1.08. The number of hydrogen-bond acceptors (Lipinski definition) is 4. The van der Waals surface area contributed by atoms with Gasteiger partial charge in [-0.2, -0.15) is 0 Å². The van der Waals surface area contributed by atoms with Crippen LogP contribution in [-0.4, -0.2) is 30.3 Å². The van der Waals surface area contributed by atoms with Crippen LogP contribution >= 0.6 is 39.1 Å². The molecule has 1 saturated heterocycles. The van der Waals surface area contributed by atoms with Crippen LogP contribution in [0.5, 0.6) is 0 Å². The quantitative estimate of drug-likeness (QED) is 0.804. The summed E-state index contributed by atoms with van der Waals surface area (Å²) in [6.07, 6.45) is 1.59. The zero-order valence-corrected chi connectivity index (χ0v) is 15.0. The fourth-order valence-electron chi connectivity index (χ4n) is 2.33. The first kappa shape index (κ1) is 16.8. The van der Waals surface area contributed by atoms with Crippen molar-refractivity contribution in [2.45, 2.75) is 18.9 Å². The van der Waals surface area contributed by atoms with Crippen LogP contribution in [0, 0.1) is 0 Å². The van der Waals surface area contributed by atoms with Gasteiger partial charge in [0.05, 0.1) is 14.5 Å². The summed E-state index contributed by atoms with van der Waals surface area (Å²) in [6.45, 7) is 1.30. The summed E-state index contributed by atoms with van der Waals surface area (Å²) in [4.78, 5) is 12.3. The third-order valence-corrected chi connectivity index (χ3v) is 5.06. The van der Waals surface area contributed by atoms with Gasteiger partial charge in [0, 0.05) is 24.8 Å². The molecule has 1 aromatic heterocycles. The van der Waals surface area contributed by atoms with E-state index in [1.54, 1.807) is 18.2 Å². The molecule has 0 unspecified atom stereocenters. The molecular weight excluding hydrogens is 407 g/mol. The Morgan fingerprint density at radius 3 is 2.70 bits per heavy atom. The normalized spacial score (nSPS) is 15.6. The van der Waals surface area contributed by atoms with Crippen LogP contribution in [0.1, 0.15) is 23.3 Å². The highest BCUT2D eigenvalue weighted by molar-refractivity contribution is 9.10. The molecule has 2 heterocycles. The van der Waals surface area contributed by atoms with Crippen LogP contribution < -0.4 is 5.32 Å². The van der Waals surface area contributed by atoms with E-state index in [9.17, 15) is 4.79 Å². The second kappa shape index (κ2) is 7.21. The monoisotopic (exact) mass is 418 g/mol. The number of nitrogens with one attached hydrogen (secondary N) is 1. The summed E-state index contributed by atoms with van der Waals surface area (Å²) in [5.74, 6) is 0.152. The Labute approximate surface area is 151 Å². The van der Waals surface area contributed by atoms with Crippen molar-refractivity contribution in [3.8, 4) is 11.3 Å². The van der Waals surface area contributed by atoms with Crippen LogP contribution in [0.15, 0.2) is 27.2 Å². The van der Waals surface area contributed by atoms with Gasteiger partial charge in [-0.25, -0.2) is 0 Å². The number of hydrogen-bond donors (Lipinski definition) is 1. The maximum absolute atomic E-state index is 12.3. The predicted molar refractivity (Wildman–Crippen MR) is 91.0 cm³/mol. The molecule has 0 spiro atoms. The van der Waals surface area contributed by atoms with Crippen LogP contribution in [0.3, 0.4) is 0 Å². The molecule has 3 rings (SSSR count). The molecule has 8 heteroatoms. The molecule has 1 aliphatic heterocycles. The maximum atomic E-state index is 12.3. The van der Waals surface area contributed by atoms with E-state index in [1.165, 1.54) is 0 Å². The van der Waals surface area contributed by atoms with Crippen molar-refractivity contribution in [2.75, 3.05) is 13.2 Å². The van der Waals surface area contributed by atoms with E-state index >= 15 is 0 Å². The topological polar surface area (TPSA) is 64.4 Å². The van der Waals surface area contributed by atoms with Gasteiger partial charge in [-0.1, -0.05) is 28.4 Å². The van der Waals surface area contributed by atoms with Crippen molar-refractivity contribution in [2.24, 2.45) is 0 Å². The minimum Gasteiger partial charge on any atom is -0.381 e. The first-order chi connectivity index (χ1) is 11.1. The number of ether oxygens (including phenoxy) is 1. The van der Waals surface area contributed by atoms with Crippen LogP contribution in [0.25, 0.3) is 11.3 Å². The fraction of sp³-hybridized carbons (Fsp3) is 0.333. The maximum Gasteiger partial charge on any atom is 0.274 e. The van der Waals surface area contributed by atoms with Gasteiger partial charge in [0.2, 0.25) is 0 Å². The number of carbonyl (C=O) groups is 1. The minimum atomic E-state index is -0.279. The van der Waals surface area contributed by atoms with Crippen molar-refractivity contribution >= 4 is 45.0 Å². The highest BCUT2D eigenvalue weighted by Crippen LogP contribution is 2.34. The largest absolute Gasteiger partial charge is 0.381 e. The van der Waals surface area contributed by atoms with Gasteiger partial charge in [0.25, 0.3) is 5.91 Å². The number of nitrogens with zero attached hydrogens (tertiary/aromatic N) is 1. The average Bonchev–Trinajstić information content (AvgIpc) is 2.93. The lowest BCUT2D eigenvalue weighted by Gasteiger charge is -2.22. The first-order valence-corrected chi connectivity index (χ1v) is 8.60. The van der Waals surface area contributed by atoms with Crippen LogP contribution in [0.4, 0.5) is 0 Å². The van der Waals surface area contributed by atoms with E-state index in [2.05, 4.69) is 26.4 Å². The van der Waals surface area contributed by atoms with Crippen molar-refractivity contribution in [3.05, 3.63) is 38.4 Å². The lowest BCUT2D eigenvalue weighted by Crippen LogP contribution is -2.39. The smallest absolute Gasteiger partial charge is 0.274 e. The molecule has 2 aromatic rings.